The second kappa shape index (κ2) is 5.47. The molecule has 1 heterocycles. The lowest BCUT2D eigenvalue weighted by Crippen LogP contribution is -2.50. The fourth-order valence-corrected chi connectivity index (χ4v) is 3.75. The van der Waals surface area contributed by atoms with E-state index in [0.717, 1.165) is 6.42 Å². The highest BCUT2D eigenvalue weighted by atomic mass is 32.2. The van der Waals surface area contributed by atoms with Gasteiger partial charge < -0.3 is 9.64 Å². The van der Waals surface area contributed by atoms with E-state index in [0.29, 0.717) is 6.42 Å². The number of ether oxygens (including phenoxy) is 1. The molecule has 6 heteroatoms. The van der Waals surface area contributed by atoms with Gasteiger partial charge in [0.25, 0.3) is 0 Å². The zero-order chi connectivity index (χ0) is 14.0. The summed E-state index contributed by atoms with van der Waals surface area (Å²) in [6, 6.07) is 0. The van der Waals surface area contributed by atoms with E-state index in [1.54, 1.807) is 20.8 Å². The highest BCUT2D eigenvalue weighted by Crippen LogP contribution is 2.19. The topological polar surface area (TPSA) is 63.7 Å². The van der Waals surface area contributed by atoms with Crippen LogP contribution >= 0.6 is 0 Å². The molecule has 5 nitrogen and oxygen atoms in total. The predicted octanol–water partition coefficient (Wildman–Crippen LogP) is 1.82. The zero-order valence-corrected chi connectivity index (χ0v) is 12.4. The third kappa shape index (κ3) is 4.15. The molecular weight excluding hydrogens is 254 g/mol. The molecule has 1 fully saturated rings. The maximum Gasteiger partial charge on any atom is 0.410 e. The van der Waals surface area contributed by atoms with E-state index >= 15 is 0 Å². The Labute approximate surface area is 109 Å². The molecule has 106 valence electrons. The third-order valence-electron chi connectivity index (χ3n) is 2.84. The largest absolute Gasteiger partial charge is 0.444 e. The summed E-state index contributed by atoms with van der Waals surface area (Å²) in [6.07, 6.45) is 0.978. The normalized spacial score (nSPS) is 23.8. The minimum atomic E-state index is -3.05. The minimum absolute atomic E-state index is 0.0386. The zero-order valence-electron chi connectivity index (χ0n) is 11.6. The summed E-state index contributed by atoms with van der Waals surface area (Å²) in [5, 5.41) is -0.441. The molecule has 1 atom stereocenters. The van der Waals surface area contributed by atoms with E-state index in [4.69, 9.17) is 4.74 Å². The standard InChI is InChI=1S/C12H23NO4S/c1-5-6-10-9-13(7-8-18(10,15)16)11(14)17-12(2,3)4/h10H,5-9H2,1-4H3. The van der Waals surface area contributed by atoms with Crippen molar-refractivity contribution in [1.82, 2.24) is 4.90 Å². The summed E-state index contributed by atoms with van der Waals surface area (Å²) < 4.78 is 29.0. The number of carbonyl (C=O) groups is 1. The molecule has 1 unspecified atom stereocenters. The number of carbonyl (C=O) groups excluding carboxylic acids is 1. The van der Waals surface area contributed by atoms with Crippen molar-refractivity contribution in [3.63, 3.8) is 0 Å². The molecule has 0 saturated carbocycles. The molecule has 0 bridgehead atoms. The van der Waals surface area contributed by atoms with Gasteiger partial charge >= 0.3 is 6.09 Å². The van der Waals surface area contributed by atoms with Crippen LogP contribution in [0.15, 0.2) is 0 Å². The molecule has 0 aromatic rings. The van der Waals surface area contributed by atoms with Crippen molar-refractivity contribution in [3.8, 4) is 0 Å². The van der Waals surface area contributed by atoms with Crippen molar-refractivity contribution < 1.29 is 17.9 Å². The van der Waals surface area contributed by atoms with E-state index in [1.807, 2.05) is 6.92 Å². The van der Waals surface area contributed by atoms with Gasteiger partial charge in [-0.2, -0.15) is 0 Å². The lowest BCUT2D eigenvalue weighted by atomic mass is 10.2. The van der Waals surface area contributed by atoms with Crippen LogP contribution < -0.4 is 0 Å². The second-order valence-electron chi connectivity index (χ2n) is 5.70. The average Bonchev–Trinajstić information content (AvgIpc) is 2.18. The van der Waals surface area contributed by atoms with Gasteiger partial charge in [0.2, 0.25) is 0 Å². The van der Waals surface area contributed by atoms with Crippen molar-refractivity contribution in [3.05, 3.63) is 0 Å². The molecule has 1 amide bonds. The van der Waals surface area contributed by atoms with Crippen molar-refractivity contribution in [2.45, 2.75) is 51.4 Å². The molecule has 1 saturated heterocycles. The van der Waals surface area contributed by atoms with Gasteiger partial charge in [0.15, 0.2) is 9.84 Å². The summed E-state index contributed by atoms with van der Waals surface area (Å²) in [5.41, 5.74) is -0.548. The van der Waals surface area contributed by atoms with Crippen LogP contribution in [0.4, 0.5) is 4.79 Å². The van der Waals surface area contributed by atoms with Gasteiger partial charge in [-0.1, -0.05) is 13.3 Å². The SMILES string of the molecule is CCCC1CN(C(=O)OC(C)(C)C)CCS1(=O)=O. The molecule has 0 aliphatic carbocycles. The fourth-order valence-electron chi connectivity index (χ4n) is 1.94. The van der Waals surface area contributed by atoms with E-state index in [1.165, 1.54) is 4.90 Å². The van der Waals surface area contributed by atoms with Crippen molar-refractivity contribution >= 4 is 15.9 Å². The summed E-state index contributed by atoms with van der Waals surface area (Å²) in [4.78, 5) is 13.4. The first-order chi connectivity index (χ1) is 8.15. The van der Waals surface area contributed by atoms with Gasteiger partial charge in [-0.05, 0) is 27.2 Å². The number of rotatable bonds is 2. The Balaban J connectivity index is 2.69. The van der Waals surface area contributed by atoms with Crippen LogP contribution in [0.1, 0.15) is 40.5 Å². The van der Waals surface area contributed by atoms with E-state index in [9.17, 15) is 13.2 Å². The summed E-state index contributed by atoms with van der Waals surface area (Å²) in [6.45, 7) is 7.84. The van der Waals surface area contributed by atoms with E-state index in [-0.39, 0.29) is 18.8 Å². The molecule has 1 aliphatic rings. The molecule has 0 aromatic carbocycles. The Bertz CT molecular complexity index is 397. The van der Waals surface area contributed by atoms with Gasteiger partial charge in [0, 0.05) is 13.1 Å². The highest BCUT2D eigenvalue weighted by molar-refractivity contribution is 7.92. The smallest absolute Gasteiger partial charge is 0.410 e. The van der Waals surface area contributed by atoms with Crippen LogP contribution in [0.5, 0.6) is 0 Å². The number of hydrogen-bond acceptors (Lipinski definition) is 4. The van der Waals surface area contributed by atoms with Crippen molar-refractivity contribution in [2.24, 2.45) is 0 Å². The first kappa shape index (κ1) is 15.3. The second-order valence-corrected chi connectivity index (χ2v) is 8.10. The Hall–Kier alpha value is -0.780. The van der Waals surface area contributed by atoms with Crippen molar-refractivity contribution in [2.75, 3.05) is 18.8 Å². The summed E-state index contributed by atoms with van der Waals surface area (Å²) in [7, 11) is -3.05. The number of sulfone groups is 1. The van der Waals surface area contributed by atoms with Crippen LogP contribution in [0, 0.1) is 0 Å². The van der Waals surface area contributed by atoms with Crippen LogP contribution in [-0.2, 0) is 14.6 Å². The minimum Gasteiger partial charge on any atom is -0.444 e. The highest BCUT2D eigenvalue weighted by Gasteiger charge is 2.35. The molecular formula is C12H23NO4S. The Kier molecular flexibility index (Phi) is 4.64. The quantitative estimate of drug-likeness (QED) is 0.772. The van der Waals surface area contributed by atoms with Gasteiger partial charge in [0.1, 0.15) is 5.60 Å². The number of nitrogens with zero attached hydrogens (tertiary/aromatic N) is 1. The molecule has 0 aromatic heterocycles. The summed E-state index contributed by atoms with van der Waals surface area (Å²) in [5.74, 6) is 0.0386. The molecule has 0 radical (unpaired) electrons. The van der Waals surface area contributed by atoms with E-state index < -0.39 is 26.8 Å². The van der Waals surface area contributed by atoms with Gasteiger partial charge in [-0.25, -0.2) is 13.2 Å². The molecule has 0 N–H and O–H groups in total. The maximum absolute atomic E-state index is 11.9. The molecule has 0 spiro atoms. The lowest BCUT2D eigenvalue weighted by Gasteiger charge is -2.33. The maximum atomic E-state index is 11.9. The van der Waals surface area contributed by atoms with E-state index in [2.05, 4.69) is 0 Å². The summed E-state index contributed by atoms with van der Waals surface area (Å²) >= 11 is 0. The van der Waals surface area contributed by atoms with Crippen LogP contribution in [0.25, 0.3) is 0 Å². The average molecular weight is 277 g/mol. The molecule has 1 aliphatic heterocycles. The van der Waals surface area contributed by atoms with Gasteiger partial charge in [0.05, 0.1) is 11.0 Å². The Morgan fingerprint density at radius 1 is 1.39 bits per heavy atom. The Morgan fingerprint density at radius 3 is 2.50 bits per heavy atom. The van der Waals surface area contributed by atoms with Crippen LogP contribution in [0.3, 0.4) is 0 Å². The third-order valence-corrected chi connectivity index (χ3v) is 4.99. The monoisotopic (exact) mass is 277 g/mol. The van der Waals surface area contributed by atoms with Gasteiger partial charge in [-0.3, -0.25) is 0 Å². The molecule has 1 rings (SSSR count). The lowest BCUT2D eigenvalue weighted by molar-refractivity contribution is 0.0252. The predicted molar refractivity (Wildman–Crippen MR) is 70.3 cm³/mol. The Morgan fingerprint density at radius 2 is 2.00 bits per heavy atom. The van der Waals surface area contributed by atoms with Crippen LogP contribution in [0.2, 0.25) is 0 Å². The molecule has 18 heavy (non-hydrogen) atoms. The van der Waals surface area contributed by atoms with Crippen molar-refractivity contribution in [1.29, 1.82) is 0 Å². The first-order valence-corrected chi connectivity index (χ1v) is 8.07. The number of amides is 1. The first-order valence-electron chi connectivity index (χ1n) is 6.35. The number of hydrogen-bond donors (Lipinski definition) is 0. The fraction of sp³-hybridized carbons (Fsp3) is 0.917. The van der Waals surface area contributed by atoms with Gasteiger partial charge in [-0.15, -0.1) is 0 Å². The van der Waals surface area contributed by atoms with Crippen LogP contribution in [-0.4, -0.2) is 49.1 Å².